The summed E-state index contributed by atoms with van der Waals surface area (Å²) in [7, 11) is 0. The lowest BCUT2D eigenvalue weighted by Crippen LogP contribution is -2.46. The average molecular weight is 279 g/mol. The van der Waals surface area contributed by atoms with Crippen LogP contribution in [0.4, 0.5) is 0 Å². The number of nitrogens with one attached hydrogen (secondary N) is 1. The van der Waals surface area contributed by atoms with Crippen LogP contribution in [0.25, 0.3) is 10.8 Å². The lowest BCUT2D eigenvalue weighted by Gasteiger charge is -2.29. The Balaban J connectivity index is 2.16. The minimum absolute atomic E-state index is 0.185. The third-order valence-corrected chi connectivity index (χ3v) is 4.40. The molecule has 1 aliphatic carbocycles. The number of benzene rings is 2. The zero-order valence-corrected chi connectivity index (χ0v) is 12.5. The minimum atomic E-state index is -0.625. The first-order chi connectivity index (χ1) is 10.2. The van der Waals surface area contributed by atoms with Crippen LogP contribution >= 0.6 is 0 Å². The summed E-state index contributed by atoms with van der Waals surface area (Å²) < 4.78 is 0. The van der Waals surface area contributed by atoms with Crippen molar-refractivity contribution in [2.24, 2.45) is 0 Å². The first-order valence-electron chi connectivity index (χ1n) is 7.67. The predicted molar refractivity (Wildman–Crippen MR) is 87.7 cm³/mol. The summed E-state index contributed by atoms with van der Waals surface area (Å²) in [5.74, 6) is 0.185. The van der Waals surface area contributed by atoms with Gasteiger partial charge in [0.05, 0.1) is 0 Å². The molecule has 0 amide bonds. The number of Topliss-reactive ketones (excluding diaryl/α,β-unsaturated/α-hetero) is 1. The maximum atomic E-state index is 13.1. The van der Waals surface area contributed by atoms with Crippen molar-refractivity contribution in [1.29, 1.82) is 0 Å². The molecule has 3 rings (SSSR count). The molecule has 1 aliphatic rings. The largest absolute Gasteiger partial charge is 0.301 e. The SMILES string of the molecule is C=CCC1(NCCCC)C(=O)c2cccc3cccc1c23. The summed E-state index contributed by atoms with van der Waals surface area (Å²) in [6.07, 6.45) is 4.66. The zero-order valence-electron chi connectivity index (χ0n) is 12.5. The van der Waals surface area contributed by atoms with E-state index in [1.165, 1.54) is 0 Å². The highest BCUT2D eigenvalue weighted by Crippen LogP contribution is 2.43. The smallest absolute Gasteiger partial charge is 0.188 e. The molecule has 108 valence electrons. The van der Waals surface area contributed by atoms with Crippen LogP contribution in [-0.2, 0) is 5.54 Å². The fraction of sp³-hybridized carbons (Fsp3) is 0.316. The standard InChI is InChI=1S/C19H21NO/c1-3-5-13-20-19(12-4-2)16-11-7-9-14-8-6-10-15(17(14)16)18(19)21/h4,6-11,20H,2-3,5,12-13H2,1H3. The molecule has 1 atom stereocenters. The summed E-state index contributed by atoms with van der Waals surface area (Å²) in [4.78, 5) is 13.1. The van der Waals surface area contributed by atoms with Gasteiger partial charge in [-0.25, -0.2) is 0 Å². The molecule has 0 bridgehead atoms. The van der Waals surface area contributed by atoms with Crippen LogP contribution < -0.4 is 5.32 Å². The third-order valence-electron chi connectivity index (χ3n) is 4.40. The van der Waals surface area contributed by atoms with E-state index in [4.69, 9.17) is 0 Å². The summed E-state index contributed by atoms with van der Waals surface area (Å²) in [5.41, 5.74) is 1.32. The Hall–Kier alpha value is -1.93. The van der Waals surface area contributed by atoms with E-state index in [1.807, 2.05) is 24.3 Å². The van der Waals surface area contributed by atoms with Gasteiger partial charge in [-0.1, -0.05) is 55.8 Å². The number of hydrogen-bond donors (Lipinski definition) is 1. The van der Waals surface area contributed by atoms with Gasteiger partial charge in [0.1, 0.15) is 5.54 Å². The zero-order chi connectivity index (χ0) is 14.9. The molecule has 0 saturated carbocycles. The highest BCUT2D eigenvalue weighted by molar-refractivity contribution is 6.20. The number of ketones is 1. The Kier molecular flexibility index (Phi) is 3.64. The highest BCUT2D eigenvalue weighted by Gasteiger charge is 2.45. The molecule has 0 aromatic heterocycles. The van der Waals surface area contributed by atoms with Gasteiger partial charge in [-0.2, -0.15) is 0 Å². The number of unbranched alkanes of at least 4 members (excludes halogenated alkanes) is 1. The molecule has 2 aromatic carbocycles. The molecule has 0 aliphatic heterocycles. The van der Waals surface area contributed by atoms with Crippen molar-refractivity contribution in [3.05, 3.63) is 60.2 Å². The maximum absolute atomic E-state index is 13.1. The first-order valence-corrected chi connectivity index (χ1v) is 7.67. The normalized spacial score (nSPS) is 20.1. The van der Waals surface area contributed by atoms with Gasteiger partial charge in [0.15, 0.2) is 5.78 Å². The van der Waals surface area contributed by atoms with E-state index >= 15 is 0 Å². The van der Waals surface area contributed by atoms with Crippen LogP contribution in [0.3, 0.4) is 0 Å². The van der Waals surface area contributed by atoms with E-state index in [9.17, 15) is 4.79 Å². The first kappa shape index (κ1) is 14.0. The Morgan fingerprint density at radius 3 is 2.71 bits per heavy atom. The molecule has 0 fully saturated rings. The van der Waals surface area contributed by atoms with Crippen molar-refractivity contribution in [2.75, 3.05) is 6.54 Å². The molecule has 0 radical (unpaired) electrons. The molecular weight excluding hydrogens is 258 g/mol. The molecule has 1 unspecified atom stereocenters. The van der Waals surface area contributed by atoms with Crippen LogP contribution in [0.15, 0.2) is 49.1 Å². The predicted octanol–water partition coefficient (Wildman–Crippen LogP) is 4.20. The molecule has 21 heavy (non-hydrogen) atoms. The summed E-state index contributed by atoms with van der Waals surface area (Å²) in [6.45, 7) is 6.87. The molecule has 0 spiro atoms. The van der Waals surface area contributed by atoms with Gasteiger partial charge in [-0.15, -0.1) is 6.58 Å². The van der Waals surface area contributed by atoms with Gasteiger partial charge >= 0.3 is 0 Å². The molecule has 0 saturated heterocycles. The monoisotopic (exact) mass is 279 g/mol. The third kappa shape index (κ3) is 2.02. The average Bonchev–Trinajstić information content (AvgIpc) is 2.74. The van der Waals surface area contributed by atoms with Gasteiger partial charge < -0.3 is 5.32 Å². The lowest BCUT2D eigenvalue weighted by molar-refractivity contribution is 0.0862. The van der Waals surface area contributed by atoms with E-state index in [1.54, 1.807) is 0 Å². The second-order valence-electron chi connectivity index (χ2n) is 5.72. The van der Waals surface area contributed by atoms with E-state index in [0.717, 1.165) is 41.3 Å². The second kappa shape index (κ2) is 5.45. The van der Waals surface area contributed by atoms with Gasteiger partial charge in [-0.05, 0) is 35.7 Å². The van der Waals surface area contributed by atoms with Crippen molar-refractivity contribution in [3.8, 4) is 0 Å². The van der Waals surface area contributed by atoms with Crippen molar-refractivity contribution >= 4 is 16.6 Å². The Labute approximate surface area is 125 Å². The molecular formula is C19H21NO. The van der Waals surface area contributed by atoms with Gasteiger partial charge in [0, 0.05) is 5.56 Å². The number of carbonyl (C=O) groups is 1. The molecule has 1 N–H and O–H groups in total. The van der Waals surface area contributed by atoms with Gasteiger partial charge in [0.25, 0.3) is 0 Å². The summed E-state index contributed by atoms with van der Waals surface area (Å²) >= 11 is 0. The van der Waals surface area contributed by atoms with E-state index in [2.05, 4.69) is 37.0 Å². The fourth-order valence-electron chi connectivity index (χ4n) is 3.38. The second-order valence-corrected chi connectivity index (χ2v) is 5.72. The van der Waals surface area contributed by atoms with Gasteiger partial charge in [0.2, 0.25) is 0 Å². The Morgan fingerprint density at radius 2 is 2.00 bits per heavy atom. The van der Waals surface area contributed by atoms with E-state index in [0.29, 0.717) is 6.42 Å². The maximum Gasteiger partial charge on any atom is 0.188 e. The molecule has 2 nitrogen and oxygen atoms in total. The Morgan fingerprint density at radius 1 is 1.24 bits per heavy atom. The van der Waals surface area contributed by atoms with E-state index < -0.39 is 5.54 Å². The van der Waals surface area contributed by atoms with Crippen LogP contribution in [0.5, 0.6) is 0 Å². The number of rotatable bonds is 6. The van der Waals surface area contributed by atoms with Gasteiger partial charge in [-0.3, -0.25) is 4.79 Å². The number of carbonyl (C=O) groups excluding carboxylic acids is 1. The van der Waals surface area contributed by atoms with E-state index in [-0.39, 0.29) is 5.78 Å². The van der Waals surface area contributed by atoms with Crippen molar-refractivity contribution < 1.29 is 4.79 Å². The van der Waals surface area contributed by atoms with Crippen molar-refractivity contribution in [2.45, 2.75) is 31.7 Å². The summed E-state index contributed by atoms with van der Waals surface area (Å²) in [5, 5.41) is 5.78. The molecule has 2 heteroatoms. The van der Waals surface area contributed by atoms with Crippen LogP contribution in [0.1, 0.15) is 42.1 Å². The van der Waals surface area contributed by atoms with Crippen LogP contribution in [0, 0.1) is 0 Å². The topological polar surface area (TPSA) is 29.1 Å². The molecule has 0 heterocycles. The van der Waals surface area contributed by atoms with Crippen molar-refractivity contribution in [3.63, 3.8) is 0 Å². The quantitative estimate of drug-likeness (QED) is 0.634. The lowest BCUT2D eigenvalue weighted by atomic mass is 9.86. The highest BCUT2D eigenvalue weighted by atomic mass is 16.1. The van der Waals surface area contributed by atoms with Crippen LogP contribution in [-0.4, -0.2) is 12.3 Å². The minimum Gasteiger partial charge on any atom is -0.301 e. The molecule has 2 aromatic rings. The fourth-order valence-corrected chi connectivity index (χ4v) is 3.38. The van der Waals surface area contributed by atoms with Crippen molar-refractivity contribution in [1.82, 2.24) is 5.32 Å². The van der Waals surface area contributed by atoms with Crippen LogP contribution in [0.2, 0.25) is 0 Å². The Bertz CT molecular complexity index is 699. The number of hydrogen-bond acceptors (Lipinski definition) is 2. The summed E-state index contributed by atoms with van der Waals surface area (Å²) in [6, 6.07) is 12.2.